The third-order valence-corrected chi connectivity index (χ3v) is 4.42. The van der Waals surface area contributed by atoms with Crippen molar-refractivity contribution in [2.45, 2.75) is 26.7 Å². The molecule has 2 aromatic rings. The third kappa shape index (κ3) is 4.83. The summed E-state index contributed by atoms with van der Waals surface area (Å²) in [6, 6.07) is 14.7. The maximum atomic E-state index is 6.18. The molecule has 0 spiro atoms. The molecule has 0 radical (unpaired) electrons. The van der Waals surface area contributed by atoms with Gasteiger partial charge in [-0.3, -0.25) is 4.90 Å². The summed E-state index contributed by atoms with van der Waals surface area (Å²) < 4.78 is 11.6. The van der Waals surface area contributed by atoms with Crippen molar-refractivity contribution in [1.29, 1.82) is 0 Å². The van der Waals surface area contributed by atoms with Crippen LogP contribution in [0.5, 0.6) is 11.5 Å². The van der Waals surface area contributed by atoms with E-state index in [1.807, 2.05) is 6.07 Å². The van der Waals surface area contributed by atoms with Gasteiger partial charge in [0.15, 0.2) is 0 Å². The van der Waals surface area contributed by atoms with Gasteiger partial charge in [-0.2, -0.15) is 0 Å². The Morgan fingerprint density at radius 2 is 1.71 bits per heavy atom. The molecule has 128 valence electrons. The molecule has 1 fully saturated rings. The molecule has 3 nitrogen and oxygen atoms in total. The van der Waals surface area contributed by atoms with E-state index in [-0.39, 0.29) is 0 Å². The molecular weight excluding hydrogens is 298 g/mol. The van der Waals surface area contributed by atoms with Gasteiger partial charge in [0.2, 0.25) is 0 Å². The average molecular weight is 325 g/mol. The van der Waals surface area contributed by atoms with Crippen LogP contribution in [0.2, 0.25) is 0 Å². The zero-order chi connectivity index (χ0) is 16.8. The summed E-state index contributed by atoms with van der Waals surface area (Å²) in [6.45, 7) is 9.18. The first-order valence-electron chi connectivity index (χ1n) is 8.85. The van der Waals surface area contributed by atoms with Crippen LogP contribution in [0, 0.1) is 13.8 Å². The number of hydrogen-bond acceptors (Lipinski definition) is 3. The van der Waals surface area contributed by atoms with Gasteiger partial charge in [0, 0.05) is 13.1 Å². The number of nitrogens with zero attached hydrogens (tertiary/aromatic N) is 1. The van der Waals surface area contributed by atoms with Crippen LogP contribution in [-0.4, -0.2) is 37.7 Å². The summed E-state index contributed by atoms with van der Waals surface area (Å²) in [7, 11) is 0. The van der Waals surface area contributed by atoms with Crippen molar-refractivity contribution in [3.05, 3.63) is 59.2 Å². The van der Waals surface area contributed by atoms with Crippen LogP contribution in [-0.2, 0) is 11.2 Å². The van der Waals surface area contributed by atoms with Gasteiger partial charge >= 0.3 is 0 Å². The van der Waals surface area contributed by atoms with Crippen molar-refractivity contribution in [3.8, 4) is 11.5 Å². The van der Waals surface area contributed by atoms with E-state index >= 15 is 0 Å². The maximum absolute atomic E-state index is 6.18. The lowest BCUT2D eigenvalue weighted by Gasteiger charge is -2.26. The van der Waals surface area contributed by atoms with E-state index in [4.69, 9.17) is 9.47 Å². The van der Waals surface area contributed by atoms with Crippen LogP contribution in [0.1, 0.15) is 23.1 Å². The number of hydrogen-bond donors (Lipinski definition) is 0. The molecule has 1 saturated heterocycles. The second-order valence-electron chi connectivity index (χ2n) is 6.59. The Kier molecular flexibility index (Phi) is 5.89. The number of rotatable bonds is 6. The van der Waals surface area contributed by atoms with E-state index in [9.17, 15) is 0 Å². The Bertz CT molecular complexity index is 642. The van der Waals surface area contributed by atoms with E-state index in [2.05, 4.69) is 55.1 Å². The van der Waals surface area contributed by atoms with Crippen LogP contribution < -0.4 is 4.74 Å². The predicted molar refractivity (Wildman–Crippen MR) is 98.0 cm³/mol. The van der Waals surface area contributed by atoms with Gasteiger partial charge < -0.3 is 9.47 Å². The maximum Gasteiger partial charge on any atom is 0.130 e. The minimum atomic E-state index is 0.867. The van der Waals surface area contributed by atoms with Gasteiger partial charge in [-0.05, 0) is 68.1 Å². The minimum absolute atomic E-state index is 0.867. The highest BCUT2D eigenvalue weighted by atomic mass is 16.5. The molecule has 0 unspecified atom stereocenters. The van der Waals surface area contributed by atoms with E-state index in [1.165, 1.54) is 16.7 Å². The number of para-hydroxylation sites is 1. The van der Waals surface area contributed by atoms with Gasteiger partial charge in [0.05, 0.1) is 13.2 Å². The smallest absolute Gasteiger partial charge is 0.130 e. The predicted octanol–water partition coefficient (Wildman–Crippen LogP) is 4.36. The highest BCUT2D eigenvalue weighted by Gasteiger charge is 2.11. The molecule has 0 saturated carbocycles. The van der Waals surface area contributed by atoms with E-state index < -0.39 is 0 Å². The van der Waals surface area contributed by atoms with Crippen LogP contribution in [0.3, 0.4) is 0 Å². The van der Waals surface area contributed by atoms with Crippen LogP contribution in [0.25, 0.3) is 0 Å². The highest BCUT2D eigenvalue weighted by Crippen LogP contribution is 2.27. The largest absolute Gasteiger partial charge is 0.457 e. The Morgan fingerprint density at radius 1 is 1.00 bits per heavy atom. The Morgan fingerprint density at radius 3 is 2.46 bits per heavy atom. The molecule has 24 heavy (non-hydrogen) atoms. The normalized spacial score (nSPS) is 15.4. The van der Waals surface area contributed by atoms with Crippen molar-refractivity contribution in [2.24, 2.45) is 0 Å². The van der Waals surface area contributed by atoms with E-state index in [0.29, 0.717) is 0 Å². The fourth-order valence-corrected chi connectivity index (χ4v) is 3.25. The van der Waals surface area contributed by atoms with Crippen LogP contribution in [0.15, 0.2) is 42.5 Å². The lowest BCUT2D eigenvalue weighted by atomic mass is 10.1. The number of aryl methyl sites for hydroxylation is 3. The quantitative estimate of drug-likeness (QED) is 0.787. The molecule has 0 amide bonds. The van der Waals surface area contributed by atoms with Crippen molar-refractivity contribution in [3.63, 3.8) is 0 Å². The molecule has 1 aliphatic heterocycles. The second kappa shape index (κ2) is 8.32. The number of benzene rings is 2. The fraction of sp³-hybridized carbons (Fsp3) is 0.429. The Labute approximate surface area is 145 Å². The molecular formula is C21H27NO2. The Balaban J connectivity index is 1.62. The van der Waals surface area contributed by atoms with Gasteiger partial charge in [0.1, 0.15) is 11.5 Å². The van der Waals surface area contributed by atoms with Crippen LogP contribution in [0.4, 0.5) is 0 Å². The molecule has 0 bridgehead atoms. The molecule has 1 heterocycles. The first-order valence-corrected chi connectivity index (χ1v) is 8.85. The Hall–Kier alpha value is -1.84. The summed E-state index contributed by atoms with van der Waals surface area (Å²) in [6.07, 6.45) is 2.19. The summed E-state index contributed by atoms with van der Waals surface area (Å²) in [5, 5.41) is 0. The van der Waals surface area contributed by atoms with Gasteiger partial charge in [-0.25, -0.2) is 0 Å². The minimum Gasteiger partial charge on any atom is -0.457 e. The van der Waals surface area contributed by atoms with Crippen molar-refractivity contribution in [1.82, 2.24) is 4.90 Å². The monoisotopic (exact) mass is 325 g/mol. The summed E-state index contributed by atoms with van der Waals surface area (Å²) in [4.78, 5) is 2.48. The molecule has 0 N–H and O–H groups in total. The summed E-state index contributed by atoms with van der Waals surface area (Å²) in [5.74, 6) is 1.90. The summed E-state index contributed by atoms with van der Waals surface area (Å²) in [5.41, 5.74) is 3.74. The first kappa shape index (κ1) is 17.0. The lowest BCUT2D eigenvalue weighted by Crippen LogP contribution is -2.36. The fourth-order valence-electron chi connectivity index (χ4n) is 3.25. The standard InChI is InChI=1S/C21H27NO2/c1-17-14-18(2)16-20(15-17)24-21-8-4-3-6-19(21)7-5-9-22-10-12-23-13-11-22/h3-4,6,8,14-16H,5,7,9-13H2,1-2H3. The molecule has 0 aromatic heterocycles. The van der Waals surface area contributed by atoms with Gasteiger partial charge in [-0.1, -0.05) is 24.3 Å². The van der Waals surface area contributed by atoms with E-state index in [0.717, 1.165) is 57.2 Å². The molecule has 2 aromatic carbocycles. The molecule has 0 atom stereocenters. The van der Waals surface area contributed by atoms with Crippen molar-refractivity contribution in [2.75, 3.05) is 32.8 Å². The topological polar surface area (TPSA) is 21.7 Å². The van der Waals surface area contributed by atoms with Gasteiger partial charge in [0.25, 0.3) is 0 Å². The molecule has 3 heteroatoms. The molecule has 1 aliphatic rings. The zero-order valence-electron chi connectivity index (χ0n) is 14.8. The molecule has 0 aliphatic carbocycles. The highest BCUT2D eigenvalue weighted by molar-refractivity contribution is 5.40. The number of morpholine rings is 1. The van der Waals surface area contributed by atoms with Crippen molar-refractivity contribution < 1.29 is 9.47 Å². The van der Waals surface area contributed by atoms with Gasteiger partial charge in [-0.15, -0.1) is 0 Å². The number of ether oxygens (including phenoxy) is 2. The third-order valence-electron chi connectivity index (χ3n) is 4.42. The zero-order valence-corrected chi connectivity index (χ0v) is 14.8. The van der Waals surface area contributed by atoms with E-state index in [1.54, 1.807) is 0 Å². The lowest BCUT2D eigenvalue weighted by molar-refractivity contribution is 0.0374. The SMILES string of the molecule is Cc1cc(C)cc(Oc2ccccc2CCCN2CCOCC2)c1. The summed E-state index contributed by atoms with van der Waals surface area (Å²) >= 11 is 0. The van der Waals surface area contributed by atoms with Crippen LogP contribution >= 0.6 is 0 Å². The average Bonchev–Trinajstić information content (AvgIpc) is 2.56. The molecule has 3 rings (SSSR count). The second-order valence-corrected chi connectivity index (χ2v) is 6.59. The van der Waals surface area contributed by atoms with Crippen molar-refractivity contribution >= 4 is 0 Å². The first-order chi connectivity index (χ1) is 11.7.